The largest absolute Gasteiger partial charge is 0.508 e. The summed E-state index contributed by atoms with van der Waals surface area (Å²) in [5.74, 6) is -1.27. The van der Waals surface area contributed by atoms with E-state index in [1.165, 1.54) is 19.2 Å². The van der Waals surface area contributed by atoms with Gasteiger partial charge in [0, 0.05) is 10.9 Å². The maximum absolute atomic E-state index is 12.4. The molecule has 0 radical (unpaired) electrons. The highest BCUT2D eigenvalue weighted by molar-refractivity contribution is 5.98. The Morgan fingerprint density at radius 1 is 1.18 bits per heavy atom. The van der Waals surface area contributed by atoms with Crippen molar-refractivity contribution in [3.63, 3.8) is 0 Å². The van der Waals surface area contributed by atoms with Gasteiger partial charge >= 0.3 is 5.97 Å². The lowest BCUT2D eigenvalue weighted by Crippen LogP contribution is -2.43. The number of fused-ring (bicyclic) bond motifs is 1. The minimum absolute atomic E-state index is 0.0107. The number of phenols is 1. The smallest absolute Gasteiger partial charge is 0.328 e. The van der Waals surface area contributed by atoms with Crippen LogP contribution in [0.1, 0.15) is 16.1 Å². The molecule has 2 aromatic carbocycles. The molecule has 0 aliphatic heterocycles. The van der Waals surface area contributed by atoms with Crippen molar-refractivity contribution in [2.24, 2.45) is 0 Å². The second-order valence-corrected chi connectivity index (χ2v) is 6.02. The Bertz CT molecular complexity index is 995. The normalized spacial score (nSPS) is 11.9. The monoisotopic (exact) mass is 385 g/mol. The number of benzene rings is 2. The zero-order valence-corrected chi connectivity index (χ0v) is 15.0. The summed E-state index contributed by atoms with van der Waals surface area (Å²) in [6.45, 7) is -0.264. The SMILES string of the molecule is COc1ccc2oc(C(=O)NC(COCc3ccccc3O)C(=O)O)cc2c1. The van der Waals surface area contributed by atoms with Crippen LogP contribution >= 0.6 is 0 Å². The average molecular weight is 385 g/mol. The Balaban J connectivity index is 1.64. The predicted molar refractivity (Wildman–Crippen MR) is 99.4 cm³/mol. The van der Waals surface area contributed by atoms with Crippen molar-refractivity contribution < 1.29 is 33.7 Å². The van der Waals surface area contributed by atoms with Gasteiger partial charge in [-0.15, -0.1) is 0 Å². The summed E-state index contributed by atoms with van der Waals surface area (Å²) >= 11 is 0. The number of hydrogen-bond donors (Lipinski definition) is 3. The van der Waals surface area contributed by atoms with Gasteiger partial charge in [0.25, 0.3) is 5.91 Å². The number of amides is 1. The standard InChI is InChI=1S/C20H19NO7/c1-26-14-6-7-17-13(8-14)9-18(28-17)19(23)21-15(20(24)25)11-27-10-12-4-2-3-5-16(12)22/h2-9,15,22H,10-11H2,1H3,(H,21,23)(H,24,25). The Morgan fingerprint density at radius 3 is 2.68 bits per heavy atom. The van der Waals surface area contributed by atoms with Crippen LogP contribution in [0.3, 0.4) is 0 Å². The molecule has 0 aliphatic carbocycles. The lowest BCUT2D eigenvalue weighted by Gasteiger charge is -2.14. The molecule has 1 unspecified atom stereocenters. The number of aromatic hydroxyl groups is 1. The van der Waals surface area contributed by atoms with Crippen molar-refractivity contribution in [1.29, 1.82) is 0 Å². The van der Waals surface area contributed by atoms with E-state index in [4.69, 9.17) is 13.9 Å². The first kappa shape index (κ1) is 19.2. The third-order valence-corrected chi connectivity index (χ3v) is 4.08. The molecule has 146 valence electrons. The highest BCUT2D eigenvalue weighted by atomic mass is 16.5. The van der Waals surface area contributed by atoms with Crippen LogP contribution in [0.15, 0.2) is 52.9 Å². The molecule has 1 atom stereocenters. The summed E-state index contributed by atoms with van der Waals surface area (Å²) in [5, 5.41) is 22.1. The van der Waals surface area contributed by atoms with Crippen LogP contribution in [0.4, 0.5) is 0 Å². The number of carboxylic acid groups (broad SMARTS) is 1. The summed E-state index contributed by atoms with van der Waals surface area (Å²) in [6.07, 6.45) is 0. The molecule has 0 fully saturated rings. The summed E-state index contributed by atoms with van der Waals surface area (Å²) in [6, 6.07) is 11.9. The van der Waals surface area contributed by atoms with Crippen molar-refractivity contribution >= 4 is 22.8 Å². The fourth-order valence-corrected chi connectivity index (χ4v) is 2.58. The molecule has 0 bridgehead atoms. The number of carbonyl (C=O) groups is 2. The number of para-hydroxylation sites is 1. The molecule has 0 saturated heterocycles. The van der Waals surface area contributed by atoms with Crippen molar-refractivity contribution in [1.82, 2.24) is 5.32 Å². The van der Waals surface area contributed by atoms with Gasteiger partial charge in [-0.25, -0.2) is 4.79 Å². The van der Waals surface area contributed by atoms with Crippen LogP contribution in [0.25, 0.3) is 11.0 Å². The zero-order valence-electron chi connectivity index (χ0n) is 15.0. The number of ether oxygens (including phenoxy) is 2. The molecule has 3 rings (SSSR count). The Kier molecular flexibility index (Phi) is 5.81. The van der Waals surface area contributed by atoms with E-state index in [0.29, 0.717) is 22.3 Å². The molecule has 1 aromatic heterocycles. The second-order valence-electron chi connectivity index (χ2n) is 6.02. The first-order valence-electron chi connectivity index (χ1n) is 8.44. The van der Waals surface area contributed by atoms with Crippen LogP contribution in [-0.4, -0.2) is 41.8 Å². The molecule has 3 N–H and O–H groups in total. The van der Waals surface area contributed by atoms with Gasteiger partial charge in [-0.3, -0.25) is 4.79 Å². The van der Waals surface area contributed by atoms with Gasteiger partial charge in [-0.1, -0.05) is 18.2 Å². The number of phenolic OH excluding ortho intramolecular Hbond substituents is 1. The van der Waals surface area contributed by atoms with E-state index < -0.39 is 17.9 Å². The molecule has 0 spiro atoms. The Labute approximate surface area is 160 Å². The minimum atomic E-state index is -1.28. The maximum Gasteiger partial charge on any atom is 0.328 e. The van der Waals surface area contributed by atoms with E-state index in [1.54, 1.807) is 36.4 Å². The quantitative estimate of drug-likeness (QED) is 0.545. The molecule has 1 amide bonds. The number of hydrogen-bond acceptors (Lipinski definition) is 6. The second kappa shape index (κ2) is 8.45. The van der Waals surface area contributed by atoms with Crippen molar-refractivity contribution in [3.8, 4) is 11.5 Å². The van der Waals surface area contributed by atoms with Gasteiger partial charge in [0.05, 0.1) is 20.3 Å². The molecule has 0 saturated carbocycles. The fourth-order valence-electron chi connectivity index (χ4n) is 2.58. The van der Waals surface area contributed by atoms with Gasteiger partial charge in [-0.05, 0) is 30.3 Å². The van der Waals surface area contributed by atoms with E-state index in [1.807, 2.05) is 0 Å². The number of methoxy groups -OCH3 is 1. The number of rotatable bonds is 8. The first-order chi connectivity index (χ1) is 13.5. The minimum Gasteiger partial charge on any atom is -0.508 e. The van der Waals surface area contributed by atoms with Gasteiger partial charge in [0.1, 0.15) is 17.1 Å². The lowest BCUT2D eigenvalue weighted by atomic mass is 10.2. The van der Waals surface area contributed by atoms with Crippen LogP contribution in [-0.2, 0) is 16.1 Å². The topological polar surface area (TPSA) is 118 Å². The molecular weight excluding hydrogens is 366 g/mol. The Hall–Kier alpha value is -3.52. The highest BCUT2D eigenvalue weighted by Gasteiger charge is 2.23. The van der Waals surface area contributed by atoms with Crippen LogP contribution in [0.5, 0.6) is 11.5 Å². The molecular formula is C20H19NO7. The lowest BCUT2D eigenvalue weighted by molar-refractivity contribution is -0.141. The van der Waals surface area contributed by atoms with Crippen molar-refractivity contribution in [3.05, 3.63) is 59.9 Å². The number of aliphatic carboxylic acids is 1. The van der Waals surface area contributed by atoms with Gasteiger partial charge in [-0.2, -0.15) is 0 Å². The molecule has 3 aromatic rings. The predicted octanol–water partition coefficient (Wildman–Crippen LogP) is 2.55. The fraction of sp³-hybridized carbons (Fsp3) is 0.200. The van der Waals surface area contributed by atoms with Gasteiger partial charge < -0.3 is 29.4 Å². The van der Waals surface area contributed by atoms with Crippen molar-refractivity contribution in [2.45, 2.75) is 12.6 Å². The van der Waals surface area contributed by atoms with E-state index in [9.17, 15) is 19.8 Å². The average Bonchev–Trinajstić information content (AvgIpc) is 3.11. The molecule has 8 heteroatoms. The van der Waals surface area contributed by atoms with E-state index in [2.05, 4.69) is 5.32 Å². The van der Waals surface area contributed by atoms with E-state index in [0.717, 1.165) is 0 Å². The van der Waals surface area contributed by atoms with E-state index >= 15 is 0 Å². The molecule has 8 nitrogen and oxygen atoms in total. The number of furan rings is 1. The number of carboxylic acids is 1. The zero-order chi connectivity index (χ0) is 20.1. The van der Waals surface area contributed by atoms with Crippen LogP contribution < -0.4 is 10.1 Å². The first-order valence-corrected chi connectivity index (χ1v) is 8.44. The van der Waals surface area contributed by atoms with Gasteiger partial charge in [0.2, 0.25) is 0 Å². The summed E-state index contributed by atoms with van der Waals surface area (Å²) < 4.78 is 15.9. The van der Waals surface area contributed by atoms with Gasteiger partial charge in [0.15, 0.2) is 11.8 Å². The molecule has 1 heterocycles. The van der Waals surface area contributed by atoms with Crippen LogP contribution in [0.2, 0.25) is 0 Å². The maximum atomic E-state index is 12.4. The Morgan fingerprint density at radius 2 is 1.96 bits per heavy atom. The third kappa shape index (κ3) is 4.41. The number of nitrogens with one attached hydrogen (secondary N) is 1. The van der Waals surface area contributed by atoms with E-state index in [-0.39, 0.29) is 24.7 Å². The molecule has 28 heavy (non-hydrogen) atoms. The number of carbonyl (C=O) groups excluding carboxylic acids is 1. The summed E-state index contributed by atoms with van der Waals surface area (Å²) in [7, 11) is 1.53. The highest BCUT2D eigenvalue weighted by Crippen LogP contribution is 2.24. The summed E-state index contributed by atoms with van der Waals surface area (Å²) in [4.78, 5) is 23.8. The molecule has 0 aliphatic rings. The van der Waals surface area contributed by atoms with Crippen LogP contribution in [0, 0.1) is 0 Å². The van der Waals surface area contributed by atoms with Crippen molar-refractivity contribution in [2.75, 3.05) is 13.7 Å². The summed E-state index contributed by atoms with van der Waals surface area (Å²) in [5.41, 5.74) is 0.998. The third-order valence-electron chi connectivity index (χ3n) is 4.08.